The summed E-state index contributed by atoms with van der Waals surface area (Å²) in [5.41, 5.74) is 0. The van der Waals surface area contributed by atoms with Crippen LogP contribution in [0, 0.1) is 5.92 Å². The fourth-order valence-electron chi connectivity index (χ4n) is 2.74. The van der Waals surface area contributed by atoms with Gasteiger partial charge >= 0.3 is 0 Å². The van der Waals surface area contributed by atoms with Crippen molar-refractivity contribution in [1.29, 1.82) is 0 Å². The zero-order valence-corrected chi connectivity index (χ0v) is 10.9. The minimum absolute atomic E-state index is 0.00990. The molecule has 0 spiro atoms. The number of ether oxygens (including phenoxy) is 1. The third kappa shape index (κ3) is 4.55. The second-order valence-corrected chi connectivity index (χ2v) is 5.39. The highest BCUT2D eigenvalue weighted by atomic mass is 16.5. The van der Waals surface area contributed by atoms with Crippen molar-refractivity contribution in [3.8, 4) is 0 Å². The van der Waals surface area contributed by atoms with Gasteiger partial charge in [-0.15, -0.1) is 0 Å². The van der Waals surface area contributed by atoms with Gasteiger partial charge in [-0.05, 0) is 25.2 Å². The molecule has 2 aliphatic rings. The number of carbonyl (C=O) groups excluding carboxylic acids is 1. The van der Waals surface area contributed by atoms with Crippen molar-refractivity contribution >= 4 is 5.91 Å². The van der Waals surface area contributed by atoms with Gasteiger partial charge in [0.2, 0.25) is 5.91 Å². The Morgan fingerprint density at radius 2 is 2.33 bits per heavy atom. The van der Waals surface area contributed by atoms with Gasteiger partial charge in [0, 0.05) is 19.6 Å². The van der Waals surface area contributed by atoms with Crippen LogP contribution in [0.3, 0.4) is 0 Å². The number of carbonyl (C=O) groups is 1. The van der Waals surface area contributed by atoms with Crippen LogP contribution in [0.1, 0.15) is 32.1 Å². The minimum Gasteiger partial charge on any atom is -0.393 e. The lowest BCUT2D eigenvalue weighted by atomic mass is 9.87. The zero-order chi connectivity index (χ0) is 12.8. The van der Waals surface area contributed by atoms with E-state index in [-0.39, 0.29) is 18.1 Å². The third-order valence-corrected chi connectivity index (χ3v) is 3.76. The van der Waals surface area contributed by atoms with Crippen LogP contribution in [-0.4, -0.2) is 49.5 Å². The maximum Gasteiger partial charge on any atom is 0.222 e. The van der Waals surface area contributed by atoms with Crippen molar-refractivity contribution in [3.63, 3.8) is 0 Å². The summed E-state index contributed by atoms with van der Waals surface area (Å²) in [6.45, 7) is 3.01. The molecule has 2 fully saturated rings. The smallest absolute Gasteiger partial charge is 0.222 e. The summed E-state index contributed by atoms with van der Waals surface area (Å²) >= 11 is 0. The van der Waals surface area contributed by atoms with Crippen molar-refractivity contribution in [3.05, 3.63) is 0 Å². The van der Waals surface area contributed by atoms with E-state index in [1.54, 1.807) is 0 Å². The first-order valence-corrected chi connectivity index (χ1v) is 7.01. The fraction of sp³-hybridized carbons (Fsp3) is 0.923. The Labute approximate surface area is 108 Å². The summed E-state index contributed by atoms with van der Waals surface area (Å²) in [4.78, 5) is 11.8. The molecular formula is C13H24N2O3. The van der Waals surface area contributed by atoms with Crippen molar-refractivity contribution in [2.45, 2.75) is 44.3 Å². The molecule has 0 aromatic rings. The SMILES string of the molecule is O=C(CC1CNCCO1)NCC1CCCC(O)C1. The lowest BCUT2D eigenvalue weighted by Crippen LogP contribution is -2.42. The average molecular weight is 256 g/mol. The van der Waals surface area contributed by atoms with Crippen LogP contribution in [0.5, 0.6) is 0 Å². The molecule has 0 aromatic heterocycles. The van der Waals surface area contributed by atoms with E-state index in [9.17, 15) is 9.90 Å². The average Bonchev–Trinajstić information content (AvgIpc) is 2.38. The lowest BCUT2D eigenvalue weighted by Gasteiger charge is -2.27. The zero-order valence-electron chi connectivity index (χ0n) is 10.9. The summed E-state index contributed by atoms with van der Waals surface area (Å²) in [5.74, 6) is 0.492. The molecule has 18 heavy (non-hydrogen) atoms. The maximum absolute atomic E-state index is 11.8. The van der Waals surface area contributed by atoms with E-state index < -0.39 is 0 Å². The number of nitrogens with one attached hydrogen (secondary N) is 2. The molecule has 5 nitrogen and oxygen atoms in total. The number of hydrogen-bond acceptors (Lipinski definition) is 4. The topological polar surface area (TPSA) is 70.6 Å². The molecule has 1 saturated heterocycles. The van der Waals surface area contributed by atoms with Crippen molar-refractivity contribution in [2.75, 3.05) is 26.2 Å². The number of hydrogen-bond donors (Lipinski definition) is 3. The van der Waals surface area contributed by atoms with E-state index >= 15 is 0 Å². The van der Waals surface area contributed by atoms with Gasteiger partial charge in [-0.1, -0.05) is 6.42 Å². The van der Waals surface area contributed by atoms with Crippen LogP contribution in [0.4, 0.5) is 0 Å². The fourth-order valence-corrected chi connectivity index (χ4v) is 2.74. The van der Waals surface area contributed by atoms with Crippen LogP contribution < -0.4 is 10.6 Å². The van der Waals surface area contributed by atoms with Gasteiger partial charge in [-0.2, -0.15) is 0 Å². The molecule has 3 atom stereocenters. The first-order valence-electron chi connectivity index (χ1n) is 7.01. The standard InChI is InChI=1S/C13H24N2O3/c16-11-3-1-2-10(6-11)8-15-13(17)7-12-9-14-4-5-18-12/h10-12,14,16H,1-9H2,(H,15,17). The van der Waals surface area contributed by atoms with Crippen LogP contribution in [0.15, 0.2) is 0 Å². The second-order valence-electron chi connectivity index (χ2n) is 5.39. The first kappa shape index (κ1) is 13.8. The van der Waals surface area contributed by atoms with E-state index in [2.05, 4.69) is 10.6 Å². The Hall–Kier alpha value is -0.650. The highest BCUT2D eigenvalue weighted by Gasteiger charge is 2.22. The third-order valence-electron chi connectivity index (χ3n) is 3.76. The van der Waals surface area contributed by atoms with E-state index in [1.807, 2.05) is 0 Å². The summed E-state index contributed by atoms with van der Waals surface area (Å²) in [6, 6.07) is 0. The molecule has 0 aromatic carbocycles. The summed E-state index contributed by atoms with van der Waals surface area (Å²) in [5, 5.41) is 15.7. The Morgan fingerprint density at radius 3 is 3.06 bits per heavy atom. The lowest BCUT2D eigenvalue weighted by molar-refractivity contribution is -0.124. The van der Waals surface area contributed by atoms with Crippen molar-refractivity contribution in [2.24, 2.45) is 5.92 Å². The molecule has 1 aliphatic heterocycles. The molecule has 2 rings (SSSR count). The molecule has 3 unspecified atom stereocenters. The largest absolute Gasteiger partial charge is 0.393 e. The molecule has 5 heteroatoms. The van der Waals surface area contributed by atoms with Gasteiger partial charge in [0.15, 0.2) is 0 Å². The highest BCUT2D eigenvalue weighted by Crippen LogP contribution is 2.23. The number of aliphatic hydroxyl groups is 1. The Morgan fingerprint density at radius 1 is 1.44 bits per heavy atom. The molecular weight excluding hydrogens is 232 g/mol. The Balaban J connectivity index is 1.61. The molecule has 1 saturated carbocycles. The van der Waals surface area contributed by atoms with Gasteiger partial charge < -0.3 is 20.5 Å². The van der Waals surface area contributed by atoms with Crippen molar-refractivity contribution < 1.29 is 14.6 Å². The molecule has 3 N–H and O–H groups in total. The molecule has 104 valence electrons. The van der Waals surface area contributed by atoms with Gasteiger partial charge in [-0.25, -0.2) is 0 Å². The number of aliphatic hydroxyl groups excluding tert-OH is 1. The summed E-state index contributed by atoms with van der Waals surface area (Å²) in [7, 11) is 0. The highest BCUT2D eigenvalue weighted by molar-refractivity contribution is 5.76. The molecule has 1 heterocycles. The molecule has 1 amide bonds. The maximum atomic E-state index is 11.8. The van der Waals surface area contributed by atoms with Crippen LogP contribution >= 0.6 is 0 Å². The monoisotopic (exact) mass is 256 g/mol. The van der Waals surface area contributed by atoms with E-state index in [1.165, 1.54) is 0 Å². The van der Waals surface area contributed by atoms with E-state index in [0.717, 1.165) is 38.8 Å². The van der Waals surface area contributed by atoms with Gasteiger partial charge in [0.05, 0.1) is 25.2 Å². The van der Waals surface area contributed by atoms with Gasteiger partial charge in [0.25, 0.3) is 0 Å². The van der Waals surface area contributed by atoms with Crippen LogP contribution in [0.2, 0.25) is 0 Å². The normalized spacial score (nSPS) is 33.1. The van der Waals surface area contributed by atoms with Gasteiger partial charge in [0.1, 0.15) is 0 Å². The van der Waals surface area contributed by atoms with Gasteiger partial charge in [-0.3, -0.25) is 4.79 Å². The number of amides is 1. The summed E-state index contributed by atoms with van der Waals surface area (Å²) < 4.78 is 5.49. The molecule has 0 radical (unpaired) electrons. The van der Waals surface area contributed by atoms with E-state index in [4.69, 9.17) is 4.74 Å². The first-order chi connectivity index (χ1) is 8.74. The molecule has 1 aliphatic carbocycles. The Bertz CT molecular complexity index is 267. The predicted molar refractivity (Wildman–Crippen MR) is 68.2 cm³/mol. The number of morpholine rings is 1. The summed E-state index contributed by atoms with van der Waals surface area (Å²) in [6.07, 6.45) is 4.17. The molecule has 0 bridgehead atoms. The van der Waals surface area contributed by atoms with Crippen molar-refractivity contribution in [1.82, 2.24) is 10.6 Å². The Kier molecular flexibility index (Phi) is 5.41. The minimum atomic E-state index is -0.175. The predicted octanol–water partition coefficient (Wildman–Crippen LogP) is 0.0322. The number of rotatable bonds is 4. The second kappa shape index (κ2) is 7.07. The van der Waals surface area contributed by atoms with Crippen LogP contribution in [-0.2, 0) is 9.53 Å². The van der Waals surface area contributed by atoms with E-state index in [0.29, 0.717) is 25.5 Å². The quantitative estimate of drug-likeness (QED) is 0.664. The van der Waals surface area contributed by atoms with Crippen LogP contribution in [0.25, 0.3) is 0 Å².